The largest absolute Gasteiger partial charge is 0.497 e. The summed E-state index contributed by atoms with van der Waals surface area (Å²) >= 11 is 1.73. The van der Waals surface area contributed by atoms with E-state index in [2.05, 4.69) is 51.3 Å². The van der Waals surface area contributed by atoms with Crippen molar-refractivity contribution in [2.45, 2.75) is 52.5 Å². The molecule has 0 spiro atoms. The molecule has 1 aliphatic rings. The molecule has 0 aliphatic carbocycles. The van der Waals surface area contributed by atoms with Gasteiger partial charge in [-0.1, -0.05) is 45.9 Å². The molecule has 2 heterocycles. The Bertz CT molecular complexity index is 1250. The molecule has 1 aromatic heterocycles. The normalized spacial score (nSPS) is 14.8. The zero-order valence-electron chi connectivity index (χ0n) is 23.7. The molecule has 208 valence electrons. The summed E-state index contributed by atoms with van der Waals surface area (Å²) in [5.74, 6) is 2.06. The molecule has 0 N–H and O–H groups in total. The summed E-state index contributed by atoms with van der Waals surface area (Å²) in [5, 5.41) is 2.09. The first-order valence-corrected chi connectivity index (χ1v) is 14.7. The molecule has 6 nitrogen and oxygen atoms in total. The highest BCUT2D eigenvalue weighted by atomic mass is 32.1. The fourth-order valence-electron chi connectivity index (χ4n) is 4.86. The van der Waals surface area contributed by atoms with Crippen LogP contribution in [0.3, 0.4) is 0 Å². The van der Waals surface area contributed by atoms with Gasteiger partial charge in [0.25, 0.3) is 5.91 Å². The second-order valence-corrected chi connectivity index (χ2v) is 11.8. The van der Waals surface area contributed by atoms with Gasteiger partial charge in [0.1, 0.15) is 24.7 Å². The van der Waals surface area contributed by atoms with Gasteiger partial charge in [-0.05, 0) is 77.6 Å². The lowest BCUT2D eigenvalue weighted by molar-refractivity contribution is -0.135. The molecule has 4 rings (SSSR count). The predicted molar refractivity (Wildman–Crippen MR) is 157 cm³/mol. The van der Waals surface area contributed by atoms with E-state index in [9.17, 15) is 9.59 Å². The van der Waals surface area contributed by atoms with E-state index < -0.39 is 0 Å². The monoisotopic (exact) mass is 548 g/mol. The molecule has 2 aromatic carbocycles. The fraction of sp³-hybridized carbons (Fsp3) is 0.438. The lowest BCUT2D eigenvalue weighted by Gasteiger charge is -2.37. The van der Waals surface area contributed by atoms with Crippen LogP contribution in [0.2, 0.25) is 0 Å². The number of rotatable bonds is 11. The zero-order chi connectivity index (χ0) is 27.9. The van der Waals surface area contributed by atoms with E-state index in [1.54, 1.807) is 41.5 Å². The minimum atomic E-state index is -0.198. The van der Waals surface area contributed by atoms with Crippen molar-refractivity contribution in [3.8, 4) is 11.5 Å². The maximum absolute atomic E-state index is 13.8. The van der Waals surface area contributed by atoms with Crippen molar-refractivity contribution >= 4 is 23.2 Å². The number of carbonyl (C=O) groups is 2. The Morgan fingerprint density at radius 2 is 1.82 bits per heavy atom. The first kappa shape index (κ1) is 28.7. The first-order chi connectivity index (χ1) is 18.8. The third-order valence-corrected chi connectivity index (χ3v) is 8.27. The molecule has 39 heavy (non-hydrogen) atoms. The molecule has 0 saturated heterocycles. The Balaban J connectivity index is 1.52. The van der Waals surface area contributed by atoms with Crippen molar-refractivity contribution in [2.75, 3.05) is 33.4 Å². The number of ether oxygens (including phenoxy) is 2. The minimum Gasteiger partial charge on any atom is -0.497 e. The number of hydrogen-bond acceptors (Lipinski definition) is 5. The van der Waals surface area contributed by atoms with Gasteiger partial charge < -0.3 is 19.3 Å². The minimum absolute atomic E-state index is 0.0296. The lowest BCUT2D eigenvalue weighted by Crippen LogP contribution is -2.48. The Kier molecular flexibility index (Phi) is 9.68. The molecule has 1 aliphatic heterocycles. The summed E-state index contributed by atoms with van der Waals surface area (Å²) in [5.41, 5.74) is 2.93. The topological polar surface area (TPSA) is 59.1 Å². The summed E-state index contributed by atoms with van der Waals surface area (Å²) < 4.78 is 11.6. The Morgan fingerprint density at radius 3 is 2.51 bits per heavy atom. The highest BCUT2D eigenvalue weighted by Crippen LogP contribution is 2.34. The molecule has 7 heteroatoms. The molecular formula is C32H40N2O4S. The average Bonchev–Trinajstić information content (AvgIpc) is 3.43. The van der Waals surface area contributed by atoms with Crippen LogP contribution in [0.5, 0.6) is 11.5 Å². The lowest BCUT2D eigenvalue weighted by atomic mass is 10.00. The van der Waals surface area contributed by atoms with E-state index in [4.69, 9.17) is 9.47 Å². The second-order valence-electron chi connectivity index (χ2n) is 10.8. The fourth-order valence-corrected chi connectivity index (χ4v) is 5.79. The van der Waals surface area contributed by atoms with Gasteiger partial charge in [0.15, 0.2) is 0 Å². The van der Waals surface area contributed by atoms with Crippen LogP contribution in [0, 0.1) is 5.92 Å². The van der Waals surface area contributed by atoms with E-state index in [0.29, 0.717) is 42.8 Å². The highest BCUT2D eigenvalue weighted by molar-refractivity contribution is 7.10. The summed E-state index contributed by atoms with van der Waals surface area (Å²) in [6.45, 7) is 10.1. The summed E-state index contributed by atoms with van der Waals surface area (Å²) in [7, 11) is 1.58. The predicted octanol–water partition coefficient (Wildman–Crippen LogP) is 6.57. The van der Waals surface area contributed by atoms with Gasteiger partial charge in [0.05, 0.1) is 13.2 Å². The molecule has 0 bridgehead atoms. The maximum Gasteiger partial charge on any atom is 0.254 e. The van der Waals surface area contributed by atoms with Gasteiger partial charge in [-0.25, -0.2) is 0 Å². The molecule has 0 fully saturated rings. The number of methoxy groups -OCH3 is 1. The number of fused-ring (bicyclic) bond motifs is 1. The molecular weight excluding hydrogens is 508 g/mol. The Morgan fingerprint density at radius 1 is 1.05 bits per heavy atom. The Hall–Kier alpha value is -3.32. The summed E-state index contributed by atoms with van der Waals surface area (Å²) in [6, 6.07) is 17.2. The van der Waals surface area contributed by atoms with E-state index >= 15 is 0 Å². The van der Waals surface area contributed by atoms with Gasteiger partial charge in [0, 0.05) is 23.5 Å². The molecule has 0 radical (unpaired) electrons. The smallest absolute Gasteiger partial charge is 0.254 e. The molecule has 1 atom stereocenters. The SMILES string of the molecule is COc1cccc(C(=O)N(CCC(C)C)CC(=O)N2CCc3sccc3[C@@H]2COc2ccc(C(C)C)cc2)c1. The number of hydrogen-bond donors (Lipinski definition) is 0. The van der Waals surface area contributed by atoms with Crippen molar-refractivity contribution in [1.29, 1.82) is 0 Å². The van der Waals surface area contributed by atoms with Crippen LogP contribution in [-0.2, 0) is 11.2 Å². The molecule has 2 amide bonds. The van der Waals surface area contributed by atoms with Crippen molar-refractivity contribution in [3.05, 3.63) is 81.5 Å². The van der Waals surface area contributed by atoms with Crippen LogP contribution in [-0.4, -0.2) is 55.0 Å². The summed E-state index contributed by atoms with van der Waals surface area (Å²) in [4.78, 5) is 32.3. The van der Waals surface area contributed by atoms with Crippen molar-refractivity contribution in [3.63, 3.8) is 0 Å². The Labute approximate surface area is 236 Å². The van der Waals surface area contributed by atoms with Crippen LogP contribution < -0.4 is 9.47 Å². The van der Waals surface area contributed by atoms with Crippen LogP contribution >= 0.6 is 11.3 Å². The average molecular weight is 549 g/mol. The van der Waals surface area contributed by atoms with Gasteiger partial charge in [-0.3, -0.25) is 9.59 Å². The highest BCUT2D eigenvalue weighted by Gasteiger charge is 2.33. The van der Waals surface area contributed by atoms with Gasteiger partial charge >= 0.3 is 0 Å². The number of nitrogens with zero attached hydrogens (tertiary/aromatic N) is 2. The van der Waals surface area contributed by atoms with Crippen LogP contribution in [0.25, 0.3) is 0 Å². The second kappa shape index (κ2) is 13.2. The number of thiophene rings is 1. The zero-order valence-corrected chi connectivity index (χ0v) is 24.5. The van der Waals surface area contributed by atoms with E-state index in [1.807, 2.05) is 23.1 Å². The standard InChI is InChI=1S/C32H40N2O4S/c1-22(2)13-16-33(32(36)25-7-6-8-27(19-25)37-5)20-31(35)34-17-14-30-28(15-18-39-30)29(34)21-38-26-11-9-24(10-12-26)23(3)4/h6-12,15,18-19,22-23,29H,13-14,16-17,20-21H2,1-5H3/t29-/m0/s1. The van der Waals surface area contributed by atoms with E-state index in [0.717, 1.165) is 24.2 Å². The maximum atomic E-state index is 13.8. The third-order valence-electron chi connectivity index (χ3n) is 7.28. The van der Waals surface area contributed by atoms with Crippen molar-refractivity contribution < 1.29 is 19.1 Å². The summed E-state index contributed by atoms with van der Waals surface area (Å²) in [6.07, 6.45) is 1.63. The van der Waals surface area contributed by atoms with Gasteiger partial charge in [-0.15, -0.1) is 11.3 Å². The van der Waals surface area contributed by atoms with Crippen LogP contribution in [0.4, 0.5) is 0 Å². The third kappa shape index (κ3) is 7.21. The number of amides is 2. The van der Waals surface area contributed by atoms with Gasteiger partial charge in [-0.2, -0.15) is 0 Å². The van der Waals surface area contributed by atoms with E-state index in [-0.39, 0.29) is 24.4 Å². The van der Waals surface area contributed by atoms with Crippen LogP contribution in [0.15, 0.2) is 60.0 Å². The van der Waals surface area contributed by atoms with Gasteiger partial charge in [0.2, 0.25) is 5.91 Å². The molecule has 0 saturated carbocycles. The molecule has 0 unspecified atom stereocenters. The number of carbonyl (C=O) groups excluding carboxylic acids is 2. The van der Waals surface area contributed by atoms with Crippen LogP contribution in [0.1, 0.15) is 72.4 Å². The number of benzene rings is 2. The molecule has 3 aromatic rings. The van der Waals surface area contributed by atoms with Crippen molar-refractivity contribution in [1.82, 2.24) is 9.80 Å². The first-order valence-electron chi connectivity index (χ1n) is 13.8. The quantitative estimate of drug-likeness (QED) is 0.272. The van der Waals surface area contributed by atoms with Crippen molar-refractivity contribution in [2.24, 2.45) is 5.92 Å². The van der Waals surface area contributed by atoms with E-state index in [1.165, 1.54) is 10.4 Å².